The molecule has 2 aromatic rings. The molecule has 2 heterocycles. The van der Waals surface area contributed by atoms with E-state index < -0.39 is 11.9 Å². The Hall–Kier alpha value is -1.76. The first kappa shape index (κ1) is 16.1. The molecule has 0 spiro atoms. The van der Waals surface area contributed by atoms with E-state index in [1.807, 2.05) is 17.5 Å². The van der Waals surface area contributed by atoms with Crippen LogP contribution in [0.15, 0.2) is 41.8 Å². The number of hydrogen-bond donors (Lipinski definition) is 1. The van der Waals surface area contributed by atoms with Gasteiger partial charge in [-0.2, -0.15) is 0 Å². The van der Waals surface area contributed by atoms with E-state index in [9.17, 15) is 14.3 Å². The zero-order chi connectivity index (χ0) is 16.2. The number of nitrogens with zero attached hydrogens (tertiary/aromatic N) is 2. The van der Waals surface area contributed by atoms with E-state index in [2.05, 4.69) is 4.90 Å². The number of hydrogen-bond acceptors (Lipinski definition) is 4. The highest BCUT2D eigenvalue weighted by Gasteiger charge is 2.25. The Morgan fingerprint density at radius 1 is 1.17 bits per heavy atom. The lowest BCUT2D eigenvalue weighted by Gasteiger charge is -2.35. The van der Waals surface area contributed by atoms with Crippen LogP contribution in [0.1, 0.15) is 21.3 Å². The Morgan fingerprint density at radius 3 is 2.57 bits per heavy atom. The van der Waals surface area contributed by atoms with Crippen LogP contribution < -0.4 is 0 Å². The van der Waals surface area contributed by atoms with Crippen molar-refractivity contribution < 1.29 is 14.3 Å². The summed E-state index contributed by atoms with van der Waals surface area (Å²) in [7, 11) is 0. The second-order valence-electron chi connectivity index (χ2n) is 5.60. The van der Waals surface area contributed by atoms with E-state index in [1.165, 1.54) is 12.1 Å². The molecule has 0 unspecified atom stereocenters. The van der Waals surface area contributed by atoms with Crippen molar-refractivity contribution in [3.05, 3.63) is 58.0 Å². The number of rotatable bonds is 4. The molecule has 0 saturated carbocycles. The molecular weight excluding hydrogens is 315 g/mol. The summed E-state index contributed by atoms with van der Waals surface area (Å²) in [4.78, 5) is 17.1. The maximum atomic E-state index is 13.7. The summed E-state index contributed by atoms with van der Waals surface area (Å²) in [6.07, 6.45) is -0.496. The molecular formula is C17H19FN2O2S. The quantitative estimate of drug-likeness (QED) is 0.934. The van der Waals surface area contributed by atoms with Gasteiger partial charge in [0.1, 0.15) is 11.9 Å². The van der Waals surface area contributed by atoms with Gasteiger partial charge in [0.15, 0.2) is 0 Å². The Balaban J connectivity index is 1.54. The number of halogens is 1. The number of thiophene rings is 1. The normalized spacial score (nSPS) is 17.2. The van der Waals surface area contributed by atoms with Crippen LogP contribution in [0.2, 0.25) is 0 Å². The summed E-state index contributed by atoms with van der Waals surface area (Å²) in [5, 5.41) is 12.1. The smallest absolute Gasteiger partial charge is 0.256 e. The molecule has 1 fully saturated rings. The summed E-state index contributed by atoms with van der Waals surface area (Å²) in [6.45, 7) is 3.02. The zero-order valence-corrected chi connectivity index (χ0v) is 13.5. The fourth-order valence-corrected chi connectivity index (χ4v) is 3.46. The lowest BCUT2D eigenvalue weighted by Crippen LogP contribution is -2.49. The maximum Gasteiger partial charge on any atom is 0.256 e. The summed E-state index contributed by atoms with van der Waals surface area (Å²) < 4.78 is 13.7. The Labute approximate surface area is 138 Å². The molecule has 1 aliphatic heterocycles. The molecule has 6 heteroatoms. The minimum absolute atomic E-state index is 0.125. The highest BCUT2D eigenvalue weighted by atomic mass is 32.1. The third-order valence-corrected chi connectivity index (χ3v) is 5.04. The number of piperazine rings is 1. The number of amides is 1. The summed E-state index contributed by atoms with van der Waals surface area (Å²) >= 11 is 1.54. The molecule has 23 heavy (non-hydrogen) atoms. The van der Waals surface area contributed by atoms with Gasteiger partial charge in [-0.15, -0.1) is 11.3 Å². The highest BCUT2D eigenvalue weighted by Crippen LogP contribution is 2.20. The van der Waals surface area contributed by atoms with Crippen LogP contribution >= 0.6 is 11.3 Å². The van der Waals surface area contributed by atoms with Crippen molar-refractivity contribution in [1.29, 1.82) is 0 Å². The van der Waals surface area contributed by atoms with Gasteiger partial charge >= 0.3 is 0 Å². The van der Waals surface area contributed by atoms with Crippen LogP contribution in [0.4, 0.5) is 4.39 Å². The van der Waals surface area contributed by atoms with Gasteiger partial charge in [0.05, 0.1) is 5.56 Å². The molecule has 1 N–H and O–H groups in total. The molecule has 1 aliphatic rings. The van der Waals surface area contributed by atoms with Crippen molar-refractivity contribution in [2.75, 3.05) is 32.7 Å². The van der Waals surface area contributed by atoms with Crippen LogP contribution in [0, 0.1) is 5.82 Å². The maximum absolute atomic E-state index is 13.7. The van der Waals surface area contributed by atoms with Crippen molar-refractivity contribution in [3.8, 4) is 0 Å². The van der Waals surface area contributed by atoms with Gasteiger partial charge in [0, 0.05) is 37.6 Å². The van der Waals surface area contributed by atoms with Crippen molar-refractivity contribution in [3.63, 3.8) is 0 Å². The molecule has 0 bridgehead atoms. The van der Waals surface area contributed by atoms with Gasteiger partial charge < -0.3 is 10.0 Å². The summed E-state index contributed by atoms with van der Waals surface area (Å²) in [6, 6.07) is 9.92. The van der Waals surface area contributed by atoms with E-state index in [1.54, 1.807) is 28.4 Å². The van der Waals surface area contributed by atoms with Crippen molar-refractivity contribution >= 4 is 17.2 Å². The highest BCUT2D eigenvalue weighted by molar-refractivity contribution is 7.10. The van der Waals surface area contributed by atoms with Crippen molar-refractivity contribution in [2.24, 2.45) is 0 Å². The van der Waals surface area contributed by atoms with Crippen LogP contribution in [-0.4, -0.2) is 53.5 Å². The molecule has 0 radical (unpaired) electrons. The topological polar surface area (TPSA) is 43.8 Å². The molecule has 1 amide bonds. The molecule has 1 atom stereocenters. The first-order chi connectivity index (χ1) is 11.1. The first-order valence-electron chi connectivity index (χ1n) is 7.63. The van der Waals surface area contributed by atoms with Crippen molar-refractivity contribution in [2.45, 2.75) is 6.10 Å². The minimum Gasteiger partial charge on any atom is -0.386 e. The lowest BCUT2D eigenvalue weighted by atomic mass is 10.1. The van der Waals surface area contributed by atoms with Crippen LogP contribution in [0.3, 0.4) is 0 Å². The average Bonchev–Trinajstić information content (AvgIpc) is 3.10. The van der Waals surface area contributed by atoms with Crippen molar-refractivity contribution in [1.82, 2.24) is 9.80 Å². The third kappa shape index (κ3) is 3.77. The average molecular weight is 334 g/mol. The predicted molar refractivity (Wildman–Crippen MR) is 88.0 cm³/mol. The zero-order valence-electron chi connectivity index (χ0n) is 12.7. The molecule has 122 valence electrons. The SMILES string of the molecule is O=C(c1ccccc1F)N1CCN(C[C@@H](O)c2cccs2)CC1. The van der Waals surface area contributed by atoms with Crippen LogP contribution in [0.25, 0.3) is 0 Å². The summed E-state index contributed by atoms with van der Waals surface area (Å²) in [5.74, 6) is -0.741. The fraction of sp³-hybridized carbons (Fsp3) is 0.353. The fourth-order valence-electron chi connectivity index (χ4n) is 2.75. The monoisotopic (exact) mass is 334 g/mol. The van der Waals surface area contributed by atoms with E-state index in [0.717, 1.165) is 4.88 Å². The minimum atomic E-state index is -0.496. The Bertz CT molecular complexity index is 654. The number of carbonyl (C=O) groups is 1. The molecule has 1 aromatic heterocycles. The van der Waals surface area contributed by atoms with Gasteiger partial charge in [-0.1, -0.05) is 18.2 Å². The number of aliphatic hydroxyl groups excluding tert-OH is 1. The lowest BCUT2D eigenvalue weighted by molar-refractivity contribution is 0.0529. The largest absolute Gasteiger partial charge is 0.386 e. The Morgan fingerprint density at radius 2 is 1.91 bits per heavy atom. The van der Waals surface area contributed by atoms with E-state index >= 15 is 0 Å². The summed E-state index contributed by atoms with van der Waals surface area (Å²) in [5.41, 5.74) is 0.125. The standard InChI is InChI=1S/C17H19FN2O2S/c18-14-5-2-1-4-13(14)17(22)20-9-7-19(8-10-20)12-15(21)16-6-3-11-23-16/h1-6,11,15,21H,7-10,12H2/t15-/m1/s1. The number of carbonyl (C=O) groups excluding carboxylic acids is 1. The Kier molecular flexibility index (Phi) is 5.05. The second kappa shape index (κ2) is 7.21. The molecule has 3 rings (SSSR count). The number of aliphatic hydroxyl groups is 1. The second-order valence-corrected chi connectivity index (χ2v) is 6.58. The van der Waals surface area contributed by atoms with Gasteiger partial charge in [-0.3, -0.25) is 9.69 Å². The van der Waals surface area contributed by atoms with Gasteiger partial charge in [-0.25, -0.2) is 4.39 Å². The molecule has 1 aromatic carbocycles. The van der Waals surface area contributed by atoms with Crippen LogP contribution in [-0.2, 0) is 0 Å². The number of benzene rings is 1. The van der Waals surface area contributed by atoms with Gasteiger partial charge in [0.25, 0.3) is 5.91 Å². The van der Waals surface area contributed by atoms with E-state index in [-0.39, 0.29) is 11.5 Å². The van der Waals surface area contributed by atoms with Gasteiger partial charge in [-0.05, 0) is 23.6 Å². The first-order valence-corrected chi connectivity index (χ1v) is 8.51. The number of β-amino-alcohol motifs (C(OH)–C–C–N with tert-alkyl or cyclic N) is 1. The molecule has 0 aliphatic carbocycles. The third-order valence-electron chi connectivity index (χ3n) is 4.07. The van der Waals surface area contributed by atoms with Crippen LogP contribution in [0.5, 0.6) is 0 Å². The van der Waals surface area contributed by atoms with Gasteiger partial charge in [0.2, 0.25) is 0 Å². The van der Waals surface area contributed by atoms with E-state index in [4.69, 9.17) is 0 Å². The van der Waals surface area contributed by atoms with E-state index in [0.29, 0.717) is 32.7 Å². The predicted octanol–water partition coefficient (Wildman–Crippen LogP) is 2.38. The molecule has 1 saturated heterocycles. The molecule has 4 nitrogen and oxygen atoms in total.